The maximum absolute atomic E-state index is 12.8. The van der Waals surface area contributed by atoms with E-state index in [1.807, 2.05) is 27.7 Å². The number of hydrogen-bond acceptors (Lipinski definition) is 5. The normalized spacial score (nSPS) is 14.5. The van der Waals surface area contributed by atoms with Gasteiger partial charge in [-0.1, -0.05) is 12.8 Å². The summed E-state index contributed by atoms with van der Waals surface area (Å²) in [6, 6.07) is 2.58. The summed E-state index contributed by atoms with van der Waals surface area (Å²) in [6.45, 7) is 10.00. The summed E-state index contributed by atoms with van der Waals surface area (Å²) in [5.74, 6) is 0.0169. The van der Waals surface area contributed by atoms with Gasteiger partial charge in [0.2, 0.25) is 5.91 Å². The van der Waals surface area contributed by atoms with E-state index in [1.54, 1.807) is 11.8 Å². The van der Waals surface area contributed by atoms with E-state index in [1.165, 1.54) is 0 Å². The quantitative estimate of drug-likeness (QED) is 0.691. The average Bonchev–Trinajstić information content (AvgIpc) is 3.22. The van der Waals surface area contributed by atoms with Crippen molar-refractivity contribution < 1.29 is 14.3 Å². The molecule has 1 N–H and O–H groups in total. The highest BCUT2D eigenvalue weighted by Crippen LogP contribution is 2.37. The third kappa shape index (κ3) is 4.93. The van der Waals surface area contributed by atoms with Gasteiger partial charge in [-0.15, -0.1) is 0 Å². The molecule has 0 radical (unpaired) electrons. The summed E-state index contributed by atoms with van der Waals surface area (Å²) < 4.78 is 7.13. The molecule has 0 aliphatic heterocycles. The van der Waals surface area contributed by atoms with Crippen molar-refractivity contribution in [1.29, 1.82) is 5.26 Å². The van der Waals surface area contributed by atoms with Crippen LogP contribution in [0.25, 0.3) is 0 Å². The number of amides is 1. The molecular formula is C21H32N4O3. The predicted octanol–water partition coefficient (Wildman–Crippen LogP) is 3.30. The smallest absolute Gasteiger partial charge is 0.320 e. The standard InChI is InChI=1S/C21H32N4O3/c1-6-28-20(27)13-24(14(2)3)12-19(26)23-21-18(11-22)15(4)16(5)25(21)17-9-7-8-10-17/h14,17H,6-10,12-13H2,1-5H3,(H,23,26). The minimum absolute atomic E-state index is 0.00989. The van der Waals surface area contributed by atoms with Gasteiger partial charge >= 0.3 is 5.97 Å². The molecule has 1 saturated carbocycles. The lowest BCUT2D eigenvalue weighted by Crippen LogP contribution is -2.42. The van der Waals surface area contributed by atoms with Crippen LogP contribution in [0, 0.1) is 25.2 Å². The molecular weight excluding hydrogens is 356 g/mol. The van der Waals surface area contributed by atoms with Gasteiger partial charge in [0.25, 0.3) is 0 Å². The molecule has 28 heavy (non-hydrogen) atoms. The number of rotatable bonds is 8. The van der Waals surface area contributed by atoms with Gasteiger partial charge in [0.15, 0.2) is 0 Å². The number of aromatic nitrogens is 1. The number of ether oxygens (including phenoxy) is 1. The van der Waals surface area contributed by atoms with Crippen LogP contribution in [0.4, 0.5) is 5.82 Å². The van der Waals surface area contributed by atoms with Crippen LogP contribution in [0.1, 0.15) is 69.3 Å². The summed E-state index contributed by atoms with van der Waals surface area (Å²) in [5, 5.41) is 12.6. The molecule has 1 aromatic heterocycles. The number of esters is 1. The second kappa shape index (κ2) is 9.74. The Hall–Kier alpha value is -2.33. The Morgan fingerprint density at radius 2 is 1.93 bits per heavy atom. The summed E-state index contributed by atoms with van der Waals surface area (Å²) in [7, 11) is 0. The van der Waals surface area contributed by atoms with Crippen molar-refractivity contribution in [1.82, 2.24) is 9.47 Å². The van der Waals surface area contributed by atoms with Crippen LogP contribution < -0.4 is 5.32 Å². The first-order valence-corrected chi connectivity index (χ1v) is 10.1. The zero-order valence-corrected chi connectivity index (χ0v) is 17.7. The second-order valence-electron chi connectivity index (χ2n) is 7.71. The summed E-state index contributed by atoms with van der Waals surface area (Å²) in [5.41, 5.74) is 2.47. The van der Waals surface area contributed by atoms with Crippen molar-refractivity contribution in [2.45, 2.75) is 72.4 Å². The van der Waals surface area contributed by atoms with Gasteiger partial charge in [-0.3, -0.25) is 14.5 Å². The molecule has 1 amide bonds. The molecule has 1 aromatic rings. The number of carbonyl (C=O) groups is 2. The van der Waals surface area contributed by atoms with Crippen molar-refractivity contribution in [3.05, 3.63) is 16.8 Å². The molecule has 0 atom stereocenters. The number of hydrogen-bond donors (Lipinski definition) is 1. The summed E-state index contributed by atoms with van der Waals surface area (Å²) >= 11 is 0. The Morgan fingerprint density at radius 1 is 1.29 bits per heavy atom. The Labute approximate surface area is 167 Å². The van der Waals surface area contributed by atoms with Gasteiger partial charge in [-0.2, -0.15) is 5.26 Å². The van der Waals surface area contributed by atoms with Crippen LogP contribution in [0.5, 0.6) is 0 Å². The Balaban J connectivity index is 2.21. The number of nitrogens with zero attached hydrogens (tertiary/aromatic N) is 3. The third-order valence-corrected chi connectivity index (χ3v) is 5.53. The Kier molecular flexibility index (Phi) is 7.64. The van der Waals surface area contributed by atoms with Crippen LogP contribution in [0.15, 0.2) is 0 Å². The van der Waals surface area contributed by atoms with E-state index in [0.29, 0.717) is 24.0 Å². The lowest BCUT2D eigenvalue weighted by atomic mass is 10.2. The first-order valence-electron chi connectivity index (χ1n) is 10.1. The summed E-state index contributed by atoms with van der Waals surface area (Å²) in [4.78, 5) is 26.4. The van der Waals surface area contributed by atoms with Crippen LogP contribution in [-0.4, -0.2) is 47.1 Å². The van der Waals surface area contributed by atoms with Gasteiger partial charge in [-0.05, 0) is 53.0 Å². The van der Waals surface area contributed by atoms with Crippen LogP contribution >= 0.6 is 0 Å². The molecule has 1 aliphatic carbocycles. The molecule has 1 heterocycles. The highest BCUT2D eigenvalue weighted by molar-refractivity contribution is 5.93. The SMILES string of the molecule is CCOC(=O)CN(CC(=O)Nc1c(C#N)c(C)c(C)n1C1CCCC1)C(C)C. The van der Waals surface area contributed by atoms with Gasteiger partial charge < -0.3 is 14.6 Å². The molecule has 0 unspecified atom stereocenters. The van der Waals surface area contributed by atoms with Crippen molar-refractivity contribution in [2.24, 2.45) is 0 Å². The van der Waals surface area contributed by atoms with Crippen molar-refractivity contribution in [2.75, 3.05) is 25.0 Å². The van der Waals surface area contributed by atoms with Gasteiger partial charge in [0, 0.05) is 17.8 Å². The monoisotopic (exact) mass is 388 g/mol. The van der Waals surface area contributed by atoms with E-state index < -0.39 is 0 Å². The molecule has 154 valence electrons. The number of nitriles is 1. The van der Waals surface area contributed by atoms with Crippen LogP contribution in [0.2, 0.25) is 0 Å². The number of nitrogens with one attached hydrogen (secondary N) is 1. The third-order valence-electron chi connectivity index (χ3n) is 5.53. The Morgan fingerprint density at radius 3 is 2.46 bits per heavy atom. The molecule has 2 rings (SSSR count). The van der Waals surface area contributed by atoms with E-state index in [9.17, 15) is 14.9 Å². The number of carbonyl (C=O) groups excluding carboxylic acids is 2. The lowest BCUT2D eigenvalue weighted by molar-refractivity contribution is -0.145. The second-order valence-corrected chi connectivity index (χ2v) is 7.71. The zero-order valence-electron chi connectivity index (χ0n) is 17.7. The van der Waals surface area contributed by atoms with E-state index in [2.05, 4.69) is 16.0 Å². The van der Waals surface area contributed by atoms with Crippen molar-refractivity contribution >= 4 is 17.7 Å². The fraction of sp³-hybridized carbons (Fsp3) is 0.667. The molecule has 0 spiro atoms. The highest BCUT2D eigenvalue weighted by Gasteiger charge is 2.27. The fourth-order valence-electron chi connectivity index (χ4n) is 3.86. The van der Waals surface area contributed by atoms with Crippen LogP contribution in [-0.2, 0) is 14.3 Å². The number of anilines is 1. The van der Waals surface area contributed by atoms with Gasteiger partial charge in [0.1, 0.15) is 11.9 Å². The maximum atomic E-state index is 12.8. The first kappa shape index (κ1) is 22.0. The van der Waals surface area contributed by atoms with Crippen molar-refractivity contribution in [3.63, 3.8) is 0 Å². The molecule has 1 fully saturated rings. The molecule has 0 bridgehead atoms. The fourth-order valence-corrected chi connectivity index (χ4v) is 3.86. The van der Waals surface area contributed by atoms with E-state index in [0.717, 1.165) is 36.9 Å². The van der Waals surface area contributed by atoms with Gasteiger partial charge in [0.05, 0.1) is 25.3 Å². The maximum Gasteiger partial charge on any atom is 0.320 e. The van der Waals surface area contributed by atoms with E-state index in [4.69, 9.17) is 4.74 Å². The Bertz CT molecular complexity index is 755. The molecule has 7 nitrogen and oxygen atoms in total. The lowest BCUT2D eigenvalue weighted by Gasteiger charge is -2.25. The first-order chi connectivity index (χ1) is 13.3. The summed E-state index contributed by atoms with van der Waals surface area (Å²) in [6.07, 6.45) is 4.45. The van der Waals surface area contributed by atoms with Gasteiger partial charge in [-0.25, -0.2) is 0 Å². The minimum atomic E-state index is -0.345. The topological polar surface area (TPSA) is 87.4 Å². The molecule has 0 aromatic carbocycles. The predicted molar refractivity (Wildman–Crippen MR) is 108 cm³/mol. The highest BCUT2D eigenvalue weighted by atomic mass is 16.5. The van der Waals surface area contributed by atoms with E-state index >= 15 is 0 Å². The zero-order chi connectivity index (χ0) is 20.8. The van der Waals surface area contributed by atoms with E-state index in [-0.39, 0.29) is 31.0 Å². The average molecular weight is 389 g/mol. The minimum Gasteiger partial charge on any atom is -0.465 e. The molecule has 1 aliphatic rings. The van der Waals surface area contributed by atoms with Crippen LogP contribution in [0.3, 0.4) is 0 Å². The molecule has 0 saturated heterocycles. The molecule has 7 heteroatoms. The van der Waals surface area contributed by atoms with Crippen molar-refractivity contribution in [3.8, 4) is 6.07 Å². The largest absolute Gasteiger partial charge is 0.465 e.